The van der Waals surface area contributed by atoms with Crippen LogP contribution in [0.3, 0.4) is 0 Å². The predicted octanol–water partition coefficient (Wildman–Crippen LogP) is 4.89. The summed E-state index contributed by atoms with van der Waals surface area (Å²) in [7, 11) is 1.56. The Morgan fingerprint density at radius 2 is 1.78 bits per heavy atom. The monoisotopic (exact) mass is 491 g/mol. The van der Waals surface area contributed by atoms with Crippen molar-refractivity contribution >= 4 is 52.5 Å². The molecule has 3 rings (SSSR count). The van der Waals surface area contributed by atoms with Crippen LogP contribution < -0.4 is 5.32 Å². The number of hydrogen-bond donors (Lipinski definition) is 1. The molecule has 168 valence electrons. The van der Waals surface area contributed by atoms with Crippen LogP contribution in [0.4, 0.5) is 5.69 Å². The Kier molecular flexibility index (Phi) is 8.17. The van der Waals surface area contributed by atoms with E-state index in [-0.39, 0.29) is 18.2 Å². The van der Waals surface area contributed by atoms with Crippen molar-refractivity contribution in [2.24, 2.45) is 0 Å². The van der Waals surface area contributed by atoms with Crippen molar-refractivity contribution in [1.82, 2.24) is 19.7 Å². The van der Waals surface area contributed by atoms with Gasteiger partial charge in [0.2, 0.25) is 11.8 Å². The maximum Gasteiger partial charge on any atom is 0.244 e. The summed E-state index contributed by atoms with van der Waals surface area (Å²) in [6, 6.07) is 13.1. The Bertz CT molecular complexity index is 1080. The molecule has 0 bridgehead atoms. The van der Waals surface area contributed by atoms with Crippen LogP contribution in [0.1, 0.15) is 25.3 Å². The number of thioether (sulfide) groups is 1. The third kappa shape index (κ3) is 6.03. The standard InChI is InChI=1S/C22H23Cl2N5O2S/c1-14(2)15-7-9-16(10-8-15)29-13-25-27-22(29)32-12-20(31)28(3)11-19(30)26-21-17(23)5-4-6-18(21)24/h4-10,13-14H,11-12H2,1-3H3,(H,26,30). The third-order valence-electron chi connectivity index (χ3n) is 4.71. The lowest BCUT2D eigenvalue weighted by Gasteiger charge is -2.17. The fourth-order valence-corrected chi connectivity index (χ4v) is 4.22. The van der Waals surface area contributed by atoms with Crippen LogP contribution in [0.5, 0.6) is 0 Å². The average Bonchev–Trinajstić information content (AvgIpc) is 3.23. The molecule has 0 fully saturated rings. The number of nitrogens with zero attached hydrogens (tertiary/aromatic N) is 4. The maximum absolute atomic E-state index is 12.5. The number of carbonyl (C=O) groups excluding carboxylic acids is 2. The van der Waals surface area contributed by atoms with E-state index in [0.29, 0.717) is 26.8 Å². The molecule has 0 aliphatic carbocycles. The smallest absolute Gasteiger partial charge is 0.244 e. The zero-order valence-electron chi connectivity index (χ0n) is 17.9. The van der Waals surface area contributed by atoms with Crippen molar-refractivity contribution in [3.8, 4) is 5.69 Å². The quantitative estimate of drug-likeness (QED) is 0.453. The highest BCUT2D eigenvalue weighted by atomic mass is 35.5. The number of aromatic nitrogens is 3. The minimum Gasteiger partial charge on any atom is -0.336 e. The number of likely N-dealkylation sites (N-methyl/N-ethyl adjacent to an activating group) is 1. The predicted molar refractivity (Wildman–Crippen MR) is 129 cm³/mol. The van der Waals surface area contributed by atoms with Gasteiger partial charge in [0.25, 0.3) is 0 Å². The number of hydrogen-bond acceptors (Lipinski definition) is 5. The fraction of sp³-hybridized carbons (Fsp3) is 0.273. The van der Waals surface area contributed by atoms with E-state index < -0.39 is 5.91 Å². The highest BCUT2D eigenvalue weighted by Crippen LogP contribution is 2.29. The number of benzene rings is 2. The summed E-state index contributed by atoms with van der Waals surface area (Å²) < 4.78 is 1.83. The highest BCUT2D eigenvalue weighted by molar-refractivity contribution is 7.99. The van der Waals surface area contributed by atoms with Crippen molar-refractivity contribution in [2.75, 3.05) is 24.7 Å². The van der Waals surface area contributed by atoms with Gasteiger partial charge in [-0.1, -0.05) is 67.0 Å². The maximum atomic E-state index is 12.5. The van der Waals surface area contributed by atoms with E-state index in [2.05, 4.69) is 41.5 Å². The molecule has 0 saturated heterocycles. The normalized spacial score (nSPS) is 10.9. The molecule has 0 aliphatic heterocycles. The second-order valence-corrected chi connectivity index (χ2v) is 9.17. The number of nitrogens with one attached hydrogen (secondary N) is 1. The first-order valence-corrected chi connectivity index (χ1v) is 11.6. The Labute approximate surface area is 201 Å². The van der Waals surface area contributed by atoms with Crippen LogP contribution in [-0.2, 0) is 9.59 Å². The van der Waals surface area contributed by atoms with E-state index in [1.165, 1.54) is 22.2 Å². The fourth-order valence-electron chi connectivity index (χ4n) is 2.86. The lowest BCUT2D eigenvalue weighted by molar-refractivity contribution is -0.131. The second-order valence-electron chi connectivity index (χ2n) is 7.41. The molecule has 7 nitrogen and oxygen atoms in total. The zero-order chi connectivity index (χ0) is 23.3. The summed E-state index contributed by atoms with van der Waals surface area (Å²) in [5, 5.41) is 12.0. The van der Waals surface area contributed by atoms with Gasteiger partial charge >= 0.3 is 0 Å². The summed E-state index contributed by atoms with van der Waals surface area (Å²) in [6.45, 7) is 4.14. The molecule has 0 saturated carbocycles. The van der Waals surface area contributed by atoms with Gasteiger partial charge in [0.05, 0.1) is 28.0 Å². The lowest BCUT2D eigenvalue weighted by Crippen LogP contribution is -2.36. The van der Waals surface area contributed by atoms with Gasteiger partial charge in [0.1, 0.15) is 6.33 Å². The summed E-state index contributed by atoms with van der Waals surface area (Å²) in [5.74, 6) is -0.0631. The Morgan fingerprint density at radius 1 is 1.12 bits per heavy atom. The van der Waals surface area contributed by atoms with Gasteiger partial charge < -0.3 is 10.2 Å². The summed E-state index contributed by atoms with van der Waals surface area (Å²) in [6.07, 6.45) is 1.61. The van der Waals surface area contributed by atoms with Gasteiger partial charge in [0, 0.05) is 12.7 Å². The first kappa shape index (κ1) is 24.1. The van der Waals surface area contributed by atoms with Gasteiger partial charge in [0.15, 0.2) is 5.16 Å². The minimum atomic E-state index is -0.394. The molecule has 0 spiro atoms. The first-order valence-electron chi connectivity index (χ1n) is 9.87. The van der Waals surface area contributed by atoms with E-state index in [9.17, 15) is 9.59 Å². The largest absolute Gasteiger partial charge is 0.336 e. The number of anilines is 1. The molecule has 10 heteroatoms. The van der Waals surface area contributed by atoms with E-state index in [0.717, 1.165) is 5.69 Å². The Balaban J connectivity index is 1.57. The Hall–Kier alpha value is -2.55. The molecule has 3 aromatic rings. The summed E-state index contributed by atoms with van der Waals surface area (Å²) in [5.41, 5.74) is 2.48. The molecule has 1 aromatic heterocycles. The Morgan fingerprint density at radius 3 is 2.41 bits per heavy atom. The highest BCUT2D eigenvalue weighted by Gasteiger charge is 2.17. The molecule has 0 aliphatic rings. The van der Waals surface area contributed by atoms with Crippen LogP contribution in [0, 0.1) is 0 Å². The van der Waals surface area contributed by atoms with Gasteiger partial charge in [-0.05, 0) is 35.7 Å². The van der Waals surface area contributed by atoms with Crippen LogP contribution in [0.2, 0.25) is 10.0 Å². The van der Waals surface area contributed by atoms with Crippen molar-refractivity contribution < 1.29 is 9.59 Å². The van der Waals surface area contributed by atoms with E-state index in [1.54, 1.807) is 31.6 Å². The number of rotatable bonds is 8. The first-order chi connectivity index (χ1) is 15.3. The molecular weight excluding hydrogens is 469 g/mol. The van der Waals surface area contributed by atoms with Crippen LogP contribution in [0.25, 0.3) is 5.69 Å². The average molecular weight is 492 g/mol. The zero-order valence-corrected chi connectivity index (χ0v) is 20.2. The molecule has 0 atom stereocenters. The van der Waals surface area contributed by atoms with Crippen LogP contribution in [0.15, 0.2) is 53.9 Å². The topological polar surface area (TPSA) is 80.1 Å². The van der Waals surface area contributed by atoms with Crippen molar-refractivity contribution in [1.29, 1.82) is 0 Å². The molecule has 2 amide bonds. The molecular formula is C22H23Cl2N5O2S. The number of halogens is 2. The van der Waals surface area contributed by atoms with E-state index in [4.69, 9.17) is 23.2 Å². The van der Waals surface area contributed by atoms with Crippen molar-refractivity contribution in [2.45, 2.75) is 24.9 Å². The van der Waals surface area contributed by atoms with E-state index >= 15 is 0 Å². The summed E-state index contributed by atoms with van der Waals surface area (Å²) in [4.78, 5) is 26.2. The van der Waals surface area contributed by atoms with Crippen LogP contribution >= 0.6 is 35.0 Å². The van der Waals surface area contributed by atoms with E-state index in [1.807, 2.05) is 16.7 Å². The molecule has 1 N–H and O–H groups in total. The number of carbonyl (C=O) groups is 2. The van der Waals surface area contributed by atoms with Gasteiger partial charge in [-0.15, -0.1) is 10.2 Å². The lowest BCUT2D eigenvalue weighted by atomic mass is 10.0. The molecule has 32 heavy (non-hydrogen) atoms. The van der Waals surface area contributed by atoms with Gasteiger partial charge in [-0.25, -0.2) is 0 Å². The molecule has 0 unspecified atom stereocenters. The van der Waals surface area contributed by atoms with Crippen LogP contribution in [-0.4, -0.2) is 50.8 Å². The third-order valence-corrected chi connectivity index (χ3v) is 6.27. The van der Waals surface area contributed by atoms with Gasteiger partial charge in [-0.3, -0.25) is 14.2 Å². The molecule has 0 radical (unpaired) electrons. The molecule has 2 aromatic carbocycles. The molecule has 1 heterocycles. The minimum absolute atomic E-state index is 0.111. The summed E-state index contributed by atoms with van der Waals surface area (Å²) >= 11 is 13.4. The van der Waals surface area contributed by atoms with Crippen molar-refractivity contribution in [3.05, 3.63) is 64.4 Å². The second kappa shape index (κ2) is 10.8. The van der Waals surface area contributed by atoms with Crippen molar-refractivity contribution in [3.63, 3.8) is 0 Å². The number of amides is 2. The van der Waals surface area contributed by atoms with Gasteiger partial charge in [-0.2, -0.15) is 0 Å². The SMILES string of the molecule is CC(C)c1ccc(-n2cnnc2SCC(=O)N(C)CC(=O)Nc2c(Cl)cccc2Cl)cc1. The number of para-hydroxylation sites is 1.